The number of carboxylic acids is 1. The standard InChI is InChI=1S/C17H20ClN3O3S/c1-10(2)8-13(16(22)23)19-15-9-14(18)20-17(21-15)25-12-6-4-11(24-3)5-7-12/h4-7,9-10,13H,8H2,1-3H3,(H,22,23)(H,19,20,21)/t13-/m0/s1. The molecule has 0 radical (unpaired) electrons. The summed E-state index contributed by atoms with van der Waals surface area (Å²) in [4.78, 5) is 20.9. The Morgan fingerprint density at radius 3 is 2.56 bits per heavy atom. The predicted molar refractivity (Wildman–Crippen MR) is 98.7 cm³/mol. The number of nitrogens with zero attached hydrogens (tertiary/aromatic N) is 2. The molecule has 0 saturated carbocycles. The van der Waals surface area contributed by atoms with Crippen LogP contribution in [-0.2, 0) is 4.79 Å². The third-order valence-electron chi connectivity index (χ3n) is 3.27. The Hall–Kier alpha value is -1.99. The van der Waals surface area contributed by atoms with E-state index in [9.17, 15) is 9.90 Å². The van der Waals surface area contributed by atoms with Gasteiger partial charge in [-0.05, 0) is 48.4 Å². The molecule has 0 aliphatic rings. The Morgan fingerprint density at radius 2 is 2.00 bits per heavy atom. The molecule has 0 aliphatic carbocycles. The van der Waals surface area contributed by atoms with E-state index in [1.165, 1.54) is 17.8 Å². The van der Waals surface area contributed by atoms with Gasteiger partial charge in [0.25, 0.3) is 0 Å². The van der Waals surface area contributed by atoms with Gasteiger partial charge in [0.2, 0.25) is 0 Å². The number of nitrogens with one attached hydrogen (secondary N) is 1. The molecule has 0 aliphatic heterocycles. The fraction of sp³-hybridized carbons (Fsp3) is 0.353. The molecule has 1 aromatic carbocycles. The Kier molecular flexibility index (Phi) is 6.90. The molecule has 2 rings (SSSR count). The molecule has 25 heavy (non-hydrogen) atoms. The molecular weight excluding hydrogens is 362 g/mol. The summed E-state index contributed by atoms with van der Waals surface area (Å²) in [6, 6.07) is 8.25. The summed E-state index contributed by atoms with van der Waals surface area (Å²) in [5, 5.41) is 13.0. The molecule has 2 N–H and O–H groups in total. The van der Waals surface area contributed by atoms with Gasteiger partial charge >= 0.3 is 5.97 Å². The number of anilines is 1. The number of aromatic nitrogens is 2. The van der Waals surface area contributed by atoms with Gasteiger partial charge in [0, 0.05) is 11.0 Å². The highest BCUT2D eigenvalue weighted by Crippen LogP contribution is 2.28. The normalized spacial score (nSPS) is 12.0. The van der Waals surface area contributed by atoms with E-state index in [0.717, 1.165) is 10.6 Å². The van der Waals surface area contributed by atoms with Crippen LogP contribution in [0.1, 0.15) is 20.3 Å². The number of carbonyl (C=O) groups is 1. The van der Waals surface area contributed by atoms with Gasteiger partial charge in [0.05, 0.1) is 7.11 Å². The first kappa shape index (κ1) is 19.3. The first-order chi connectivity index (χ1) is 11.9. The Balaban J connectivity index is 2.16. The SMILES string of the molecule is COc1ccc(Sc2nc(Cl)cc(N[C@@H](CC(C)C)C(=O)O)n2)cc1. The van der Waals surface area contributed by atoms with Crippen LogP contribution in [-0.4, -0.2) is 34.2 Å². The summed E-state index contributed by atoms with van der Waals surface area (Å²) < 4.78 is 5.13. The number of carboxylic acid groups (broad SMARTS) is 1. The second kappa shape index (κ2) is 8.92. The van der Waals surface area contributed by atoms with Crippen molar-refractivity contribution < 1.29 is 14.6 Å². The van der Waals surface area contributed by atoms with Crippen molar-refractivity contribution in [1.29, 1.82) is 0 Å². The molecule has 0 fully saturated rings. The molecule has 0 bridgehead atoms. The molecule has 6 nitrogen and oxygen atoms in total. The number of ether oxygens (including phenoxy) is 1. The van der Waals surface area contributed by atoms with Crippen LogP contribution in [0.25, 0.3) is 0 Å². The van der Waals surface area contributed by atoms with Crippen molar-refractivity contribution in [2.45, 2.75) is 36.4 Å². The average molecular weight is 382 g/mol. The Morgan fingerprint density at radius 1 is 1.32 bits per heavy atom. The Bertz CT molecular complexity index is 726. The topological polar surface area (TPSA) is 84.3 Å². The summed E-state index contributed by atoms with van der Waals surface area (Å²) in [7, 11) is 1.61. The van der Waals surface area contributed by atoms with E-state index in [2.05, 4.69) is 15.3 Å². The smallest absolute Gasteiger partial charge is 0.326 e. The second-order valence-corrected chi connectivity index (χ2v) is 7.23. The molecule has 8 heteroatoms. The summed E-state index contributed by atoms with van der Waals surface area (Å²) in [6.07, 6.45) is 0.484. The van der Waals surface area contributed by atoms with Gasteiger partial charge in [-0.1, -0.05) is 25.4 Å². The van der Waals surface area contributed by atoms with E-state index in [1.807, 2.05) is 38.1 Å². The number of hydrogen-bond acceptors (Lipinski definition) is 6. The van der Waals surface area contributed by atoms with Crippen LogP contribution in [0.15, 0.2) is 40.4 Å². The van der Waals surface area contributed by atoms with Gasteiger partial charge in [-0.15, -0.1) is 0 Å². The zero-order valence-electron chi connectivity index (χ0n) is 14.2. The van der Waals surface area contributed by atoms with Crippen LogP contribution >= 0.6 is 23.4 Å². The number of rotatable bonds is 8. The number of aliphatic carboxylic acids is 1. The maximum atomic E-state index is 11.4. The van der Waals surface area contributed by atoms with E-state index in [0.29, 0.717) is 17.4 Å². The summed E-state index contributed by atoms with van der Waals surface area (Å²) in [6.45, 7) is 3.94. The summed E-state index contributed by atoms with van der Waals surface area (Å²) in [5.41, 5.74) is 0. The molecule has 0 amide bonds. The molecule has 0 spiro atoms. The van der Waals surface area contributed by atoms with Gasteiger partial charge in [-0.2, -0.15) is 0 Å². The highest BCUT2D eigenvalue weighted by Gasteiger charge is 2.19. The molecule has 1 atom stereocenters. The lowest BCUT2D eigenvalue weighted by atomic mass is 10.0. The van der Waals surface area contributed by atoms with Gasteiger partial charge < -0.3 is 15.2 Å². The Labute approximate surface area is 156 Å². The zero-order valence-corrected chi connectivity index (χ0v) is 15.8. The third-order valence-corrected chi connectivity index (χ3v) is 4.34. The lowest BCUT2D eigenvalue weighted by Crippen LogP contribution is -2.31. The largest absolute Gasteiger partial charge is 0.497 e. The predicted octanol–water partition coefficient (Wildman–Crippen LogP) is 4.20. The zero-order chi connectivity index (χ0) is 18.4. The van der Waals surface area contributed by atoms with E-state index >= 15 is 0 Å². The highest BCUT2D eigenvalue weighted by atomic mass is 35.5. The van der Waals surface area contributed by atoms with Gasteiger partial charge in [0.1, 0.15) is 22.8 Å². The second-order valence-electron chi connectivity index (χ2n) is 5.80. The molecule has 1 heterocycles. The number of methoxy groups -OCH3 is 1. The fourth-order valence-electron chi connectivity index (χ4n) is 2.14. The monoisotopic (exact) mass is 381 g/mol. The minimum atomic E-state index is -0.923. The van der Waals surface area contributed by atoms with E-state index in [4.69, 9.17) is 16.3 Å². The van der Waals surface area contributed by atoms with E-state index < -0.39 is 12.0 Å². The van der Waals surface area contributed by atoms with E-state index in [-0.39, 0.29) is 11.1 Å². The minimum Gasteiger partial charge on any atom is -0.497 e. The number of halogens is 1. The fourth-order valence-corrected chi connectivity index (χ4v) is 3.14. The lowest BCUT2D eigenvalue weighted by molar-refractivity contribution is -0.138. The van der Waals surface area contributed by atoms with Crippen LogP contribution in [0.3, 0.4) is 0 Å². The first-order valence-corrected chi connectivity index (χ1v) is 8.92. The van der Waals surface area contributed by atoms with Crippen molar-refractivity contribution in [2.75, 3.05) is 12.4 Å². The van der Waals surface area contributed by atoms with Crippen molar-refractivity contribution in [2.24, 2.45) is 5.92 Å². The van der Waals surface area contributed by atoms with Gasteiger partial charge in [-0.3, -0.25) is 0 Å². The van der Waals surface area contributed by atoms with Crippen LogP contribution in [0, 0.1) is 5.92 Å². The summed E-state index contributed by atoms with van der Waals surface area (Å²) in [5.74, 6) is 0.465. The molecule has 0 saturated heterocycles. The molecular formula is C17H20ClN3O3S. The molecule has 0 unspecified atom stereocenters. The van der Waals surface area contributed by atoms with Gasteiger partial charge in [0.15, 0.2) is 5.16 Å². The highest BCUT2D eigenvalue weighted by molar-refractivity contribution is 7.99. The van der Waals surface area contributed by atoms with Gasteiger partial charge in [-0.25, -0.2) is 14.8 Å². The third kappa shape index (κ3) is 6.10. The maximum Gasteiger partial charge on any atom is 0.326 e. The summed E-state index contributed by atoms with van der Waals surface area (Å²) >= 11 is 7.40. The number of benzene rings is 1. The van der Waals surface area contributed by atoms with Crippen molar-refractivity contribution >= 4 is 35.1 Å². The average Bonchev–Trinajstić information content (AvgIpc) is 2.54. The van der Waals surface area contributed by atoms with Crippen molar-refractivity contribution in [3.63, 3.8) is 0 Å². The van der Waals surface area contributed by atoms with Crippen LogP contribution in [0.5, 0.6) is 5.75 Å². The minimum absolute atomic E-state index is 0.235. The maximum absolute atomic E-state index is 11.4. The quantitative estimate of drug-likeness (QED) is 0.523. The van der Waals surface area contributed by atoms with Crippen molar-refractivity contribution in [1.82, 2.24) is 9.97 Å². The number of hydrogen-bond donors (Lipinski definition) is 2. The molecule has 2 aromatic rings. The molecule has 1 aromatic heterocycles. The molecule has 134 valence electrons. The van der Waals surface area contributed by atoms with Crippen LogP contribution in [0.2, 0.25) is 5.15 Å². The van der Waals surface area contributed by atoms with Crippen LogP contribution < -0.4 is 10.1 Å². The van der Waals surface area contributed by atoms with E-state index in [1.54, 1.807) is 7.11 Å². The van der Waals surface area contributed by atoms with Crippen molar-refractivity contribution in [3.8, 4) is 5.75 Å². The van der Waals surface area contributed by atoms with Crippen molar-refractivity contribution in [3.05, 3.63) is 35.5 Å². The first-order valence-electron chi connectivity index (χ1n) is 7.73. The lowest BCUT2D eigenvalue weighted by Gasteiger charge is -2.17. The van der Waals surface area contributed by atoms with Crippen LogP contribution in [0.4, 0.5) is 5.82 Å².